The SMILES string of the molecule is C#CC(C)c1ccon1. The molecule has 1 heterocycles. The van der Waals surface area contributed by atoms with Crippen LogP contribution in [0.3, 0.4) is 0 Å². The van der Waals surface area contributed by atoms with E-state index in [1.807, 2.05) is 6.92 Å². The molecule has 0 saturated heterocycles. The van der Waals surface area contributed by atoms with E-state index in [1.54, 1.807) is 6.07 Å². The third kappa shape index (κ3) is 1.11. The van der Waals surface area contributed by atoms with Crippen molar-refractivity contribution in [3.05, 3.63) is 18.0 Å². The van der Waals surface area contributed by atoms with Crippen LogP contribution in [-0.4, -0.2) is 5.16 Å². The minimum Gasteiger partial charge on any atom is -0.364 e. The van der Waals surface area contributed by atoms with Crippen LogP contribution < -0.4 is 0 Å². The largest absolute Gasteiger partial charge is 0.364 e. The van der Waals surface area contributed by atoms with Gasteiger partial charge in [0, 0.05) is 6.07 Å². The molecule has 0 aromatic carbocycles. The Hall–Kier alpha value is -1.23. The standard InChI is InChI=1S/C7H7NO/c1-3-6(2)7-4-5-9-8-7/h1,4-6H,2H3. The van der Waals surface area contributed by atoms with Gasteiger partial charge in [0.25, 0.3) is 0 Å². The Labute approximate surface area is 53.9 Å². The molecular weight excluding hydrogens is 114 g/mol. The minimum absolute atomic E-state index is 0.0590. The van der Waals surface area contributed by atoms with E-state index in [9.17, 15) is 0 Å². The molecule has 2 nitrogen and oxygen atoms in total. The fourth-order valence-electron chi connectivity index (χ4n) is 0.531. The van der Waals surface area contributed by atoms with E-state index >= 15 is 0 Å². The molecular formula is C7H7NO. The molecule has 0 aliphatic heterocycles. The summed E-state index contributed by atoms with van der Waals surface area (Å²) >= 11 is 0. The zero-order chi connectivity index (χ0) is 6.69. The minimum atomic E-state index is 0.0590. The maximum Gasteiger partial charge on any atom is 0.124 e. The van der Waals surface area contributed by atoms with E-state index in [0.29, 0.717) is 0 Å². The van der Waals surface area contributed by atoms with Gasteiger partial charge in [-0.15, -0.1) is 6.42 Å². The highest BCUT2D eigenvalue weighted by Gasteiger charge is 2.02. The highest BCUT2D eigenvalue weighted by Crippen LogP contribution is 2.09. The van der Waals surface area contributed by atoms with Crippen LogP contribution >= 0.6 is 0 Å². The first-order valence-corrected chi connectivity index (χ1v) is 2.71. The van der Waals surface area contributed by atoms with Gasteiger partial charge in [0.05, 0.1) is 11.6 Å². The van der Waals surface area contributed by atoms with Gasteiger partial charge >= 0.3 is 0 Å². The number of terminal acetylenes is 1. The third-order valence-corrected chi connectivity index (χ3v) is 1.15. The molecule has 0 saturated carbocycles. The molecule has 0 aliphatic rings. The Kier molecular flexibility index (Phi) is 1.55. The van der Waals surface area contributed by atoms with Crippen molar-refractivity contribution in [2.24, 2.45) is 0 Å². The molecule has 0 radical (unpaired) electrons. The zero-order valence-corrected chi connectivity index (χ0v) is 5.16. The summed E-state index contributed by atoms with van der Waals surface area (Å²) in [6.45, 7) is 1.90. The second-order valence-electron chi connectivity index (χ2n) is 1.81. The van der Waals surface area contributed by atoms with Gasteiger partial charge in [0.15, 0.2) is 0 Å². The number of nitrogens with zero attached hydrogens (tertiary/aromatic N) is 1. The van der Waals surface area contributed by atoms with Gasteiger partial charge in [0.2, 0.25) is 0 Å². The van der Waals surface area contributed by atoms with Crippen molar-refractivity contribution in [2.45, 2.75) is 12.8 Å². The van der Waals surface area contributed by atoms with Crippen molar-refractivity contribution in [1.82, 2.24) is 5.16 Å². The van der Waals surface area contributed by atoms with Crippen molar-refractivity contribution in [1.29, 1.82) is 0 Å². The van der Waals surface area contributed by atoms with Crippen molar-refractivity contribution in [3.63, 3.8) is 0 Å². The highest BCUT2D eigenvalue weighted by atomic mass is 16.5. The summed E-state index contributed by atoms with van der Waals surface area (Å²) in [5.41, 5.74) is 0.817. The second-order valence-corrected chi connectivity index (χ2v) is 1.81. The Balaban J connectivity index is 2.80. The van der Waals surface area contributed by atoms with Gasteiger partial charge in [-0.05, 0) is 6.92 Å². The Morgan fingerprint density at radius 2 is 2.67 bits per heavy atom. The van der Waals surface area contributed by atoms with Crippen molar-refractivity contribution >= 4 is 0 Å². The lowest BCUT2D eigenvalue weighted by Crippen LogP contribution is -1.87. The average molecular weight is 121 g/mol. The molecule has 1 atom stereocenters. The van der Waals surface area contributed by atoms with Gasteiger partial charge in [-0.25, -0.2) is 0 Å². The summed E-state index contributed by atoms with van der Waals surface area (Å²) in [7, 11) is 0. The molecule has 0 N–H and O–H groups in total. The molecule has 9 heavy (non-hydrogen) atoms. The van der Waals surface area contributed by atoms with Crippen LogP contribution in [0.1, 0.15) is 18.5 Å². The highest BCUT2D eigenvalue weighted by molar-refractivity contribution is 5.14. The number of rotatable bonds is 1. The number of hydrogen-bond acceptors (Lipinski definition) is 2. The first-order chi connectivity index (χ1) is 4.34. The fourth-order valence-corrected chi connectivity index (χ4v) is 0.531. The van der Waals surface area contributed by atoms with E-state index < -0.39 is 0 Å². The molecule has 1 unspecified atom stereocenters. The summed E-state index contributed by atoms with van der Waals surface area (Å²) in [5, 5.41) is 3.67. The smallest absolute Gasteiger partial charge is 0.124 e. The second kappa shape index (κ2) is 2.36. The van der Waals surface area contributed by atoms with Crippen LogP contribution in [0.15, 0.2) is 16.9 Å². The monoisotopic (exact) mass is 121 g/mol. The Bertz CT molecular complexity index is 207. The normalized spacial score (nSPS) is 12.4. The van der Waals surface area contributed by atoms with E-state index in [0.717, 1.165) is 5.69 Å². The van der Waals surface area contributed by atoms with E-state index in [-0.39, 0.29) is 5.92 Å². The Morgan fingerprint density at radius 3 is 3.11 bits per heavy atom. The molecule has 1 aromatic rings. The quantitative estimate of drug-likeness (QED) is 0.525. The molecule has 46 valence electrons. The molecule has 0 bridgehead atoms. The lowest BCUT2D eigenvalue weighted by atomic mass is 10.1. The van der Waals surface area contributed by atoms with Gasteiger partial charge in [-0.3, -0.25) is 0 Å². The summed E-state index contributed by atoms with van der Waals surface area (Å²) in [6, 6.07) is 1.77. The summed E-state index contributed by atoms with van der Waals surface area (Å²) in [5.74, 6) is 2.60. The van der Waals surface area contributed by atoms with Crippen LogP contribution in [0.4, 0.5) is 0 Å². The van der Waals surface area contributed by atoms with E-state index in [2.05, 4.69) is 15.6 Å². The van der Waals surface area contributed by atoms with Gasteiger partial charge in [-0.1, -0.05) is 11.1 Å². The molecule has 0 aliphatic carbocycles. The first-order valence-electron chi connectivity index (χ1n) is 2.71. The van der Waals surface area contributed by atoms with Crippen molar-refractivity contribution in [2.75, 3.05) is 0 Å². The van der Waals surface area contributed by atoms with Crippen molar-refractivity contribution < 1.29 is 4.52 Å². The summed E-state index contributed by atoms with van der Waals surface area (Å²) in [4.78, 5) is 0. The molecule has 1 aromatic heterocycles. The van der Waals surface area contributed by atoms with Gasteiger partial charge in [0.1, 0.15) is 6.26 Å². The third-order valence-electron chi connectivity index (χ3n) is 1.15. The van der Waals surface area contributed by atoms with Gasteiger partial charge < -0.3 is 4.52 Å². The first kappa shape index (κ1) is 5.90. The van der Waals surface area contributed by atoms with Gasteiger partial charge in [-0.2, -0.15) is 0 Å². The van der Waals surface area contributed by atoms with Crippen LogP contribution in [0, 0.1) is 12.3 Å². The average Bonchev–Trinajstić information content (AvgIpc) is 2.37. The maximum absolute atomic E-state index is 5.13. The fraction of sp³-hybridized carbons (Fsp3) is 0.286. The van der Waals surface area contributed by atoms with Crippen molar-refractivity contribution in [3.8, 4) is 12.3 Å². The molecule has 0 amide bonds. The molecule has 1 rings (SSSR count). The van der Waals surface area contributed by atoms with Crippen LogP contribution in [-0.2, 0) is 0 Å². The number of hydrogen-bond donors (Lipinski definition) is 0. The van der Waals surface area contributed by atoms with Crippen LogP contribution in [0.2, 0.25) is 0 Å². The molecule has 0 fully saturated rings. The lowest BCUT2D eigenvalue weighted by Gasteiger charge is -1.92. The summed E-state index contributed by atoms with van der Waals surface area (Å²) in [6.07, 6.45) is 6.65. The predicted molar refractivity (Wildman–Crippen MR) is 33.8 cm³/mol. The zero-order valence-electron chi connectivity index (χ0n) is 5.16. The van der Waals surface area contributed by atoms with E-state index in [4.69, 9.17) is 6.42 Å². The van der Waals surface area contributed by atoms with Crippen LogP contribution in [0.5, 0.6) is 0 Å². The summed E-state index contributed by atoms with van der Waals surface area (Å²) < 4.78 is 4.59. The molecule has 0 spiro atoms. The maximum atomic E-state index is 5.13. The number of aromatic nitrogens is 1. The molecule has 2 heteroatoms. The van der Waals surface area contributed by atoms with E-state index in [1.165, 1.54) is 6.26 Å². The predicted octanol–water partition coefficient (Wildman–Crippen LogP) is 1.41. The Morgan fingerprint density at radius 1 is 1.89 bits per heavy atom. The topological polar surface area (TPSA) is 26.0 Å². The lowest BCUT2D eigenvalue weighted by molar-refractivity contribution is 0.410. The van der Waals surface area contributed by atoms with Crippen LogP contribution in [0.25, 0.3) is 0 Å².